The maximum atomic E-state index is 13.0. The van der Waals surface area contributed by atoms with Crippen LogP contribution in [-0.2, 0) is 16.1 Å². The number of hydrogen-bond acceptors (Lipinski definition) is 5. The van der Waals surface area contributed by atoms with Crippen LogP contribution in [0.25, 0.3) is 10.2 Å². The molecule has 1 aromatic heterocycles. The van der Waals surface area contributed by atoms with Gasteiger partial charge < -0.3 is 9.80 Å². The first-order chi connectivity index (χ1) is 13.4. The molecule has 0 atom stereocenters. The molecule has 1 aliphatic carbocycles. The normalized spacial score (nSPS) is 19.1. The van der Waals surface area contributed by atoms with E-state index in [9.17, 15) is 14.4 Å². The van der Waals surface area contributed by atoms with Gasteiger partial charge in [-0.15, -0.1) is 11.3 Å². The number of urea groups is 1. The van der Waals surface area contributed by atoms with Crippen LogP contribution in [0, 0.1) is 0 Å². The standard InChI is InChI=1S/C20H24N4O3S/c1-22(12-16-21-14-8-4-5-9-15(14)28-16)17(25)13-24-18(26)20(23(2)19(24)27)10-6-3-7-11-20/h4-5,8-9H,3,6-7,10-13H2,1-2H3. The fraction of sp³-hybridized carbons (Fsp3) is 0.500. The summed E-state index contributed by atoms with van der Waals surface area (Å²) in [5.74, 6) is -0.483. The van der Waals surface area contributed by atoms with E-state index in [1.807, 2.05) is 24.3 Å². The first kappa shape index (κ1) is 18.9. The Kier molecular flexibility index (Phi) is 4.82. The number of hydrogen-bond donors (Lipinski definition) is 0. The van der Waals surface area contributed by atoms with E-state index in [2.05, 4.69) is 4.98 Å². The third-order valence-electron chi connectivity index (χ3n) is 5.91. The zero-order chi connectivity index (χ0) is 19.9. The number of benzene rings is 1. The summed E-state index contributed by atoms with van der Waals surface area (Å²) in [5, 5.41) is 0.831. The van der Waals surface area contributed by atoms with Gasteiger partial charge in [-0.25, -0.2) is 9.78 Å². The van der Waals surface area contributed by atoms with Crippen molar-refractivity contribution in [2.75, 3.05) is 20.6 Å². The van der Waals surface area contributed by atoms with Crippen molar-refractivity contribution in [3.8, 4) is 0 Å². The molecule has 1 saturated heterocycles. The Balaban J connectivity index is 1.45. The average Bonchev–Trinajstić information content (AvgIpc) is 3.18. The zero-order valence-electron chi connectivity index (χ0n) is 16.2. The third kappa shape index (κ3) is 3.05. The van der Waals surface area contributed by atoms with Crippen molar-refractivity contribution in [2.24, 2.45) is 0 Å². The molecule has 1 spiro atoms. The molecule has 4 amide bonds. The molecular weight excluding hydrogens is 376 g/mol. The highest BCUT2D eigenvalue weighted by Gasteiger charge is 2.55. The molecule has 2 aliphatic rings. The Morgan fingerprint density at radius 2 is 1.93 bits per heavy atom. The molecule has 8 heteroatoms. The Labute approximate surface area is 167 Å². The fourth-order valence-electron chi connectivity index (χ4n) is 4.21. The zero-order valence-corrected chi connectivity index (χ0v) is 17.0. The molecule has 0 radical (unpaired) electrons. The number of carbonyl (C=O) groups is 3. The second-order valence-corrected chi connectivity index (χ2v) is 8.77. The number of carbonyl (C=O) groups excluding carboxylic acids is 3. The molecule has 7 nitrogen and oxygen atoms in total. The Hall–Kier alpha value is -2.48. The smallest absolute Gasteiger partial charge is 0.327 e. The topological polar surface area (TPSA) is 73.8 Å². The van der Waals surface area contributed by atoms with Gasteiger partial charge >= 0.3 is 6.03 Å². The van der Waals surface area contributed by atoms with Gasteiger partial charge in [0.2, 0.25) is 5.91 Å². The minimum absolute atomic E-state index is 0.217. The van der Waals surface area contributed by atoms with Crippen LogP contribution >= 0.6 is 11.3 Å². The van der Waals surface area contributed by atoms with E-state index in [-0.39, 0.29) is 24.4 Å². The minimum Gasteiger partial charge on any atom is -0.337 e. The largest absolute Gasteiger partial charge is 0.337 e. The number of thiazole rings is 1. The predicted molar refractivity (Wildman–Crippen MR) is 107 cm³/mol. The van der Waals surface area contributed by atoms with Gasteiger partial charge in [0.15, 0.2) is 0 Å². The van der Waals surface area contributed by atoms with E-state index in [4.69, 9.17) is 0 Å². The van der Waals surface area contributed by atoms with Gasteiger partial charge in [-0.3, -0.25) is 14.5 Å². The number of amides is 4. The molecule has 1 aromatic carbocycles. The summed E-state index contributed by atoms with van der Waals surface area (Å²) < 4.78 is 1.07. The number of nitrogens with zero attached hydrogens (tertiary/aromatic N) is 4. The highest BCUT2D eigenvalue weighted by Crippen LogP contribution is 2.39. The van der Waals surface area contributed by atoms with Gasteiger partial charge in [0.05, 0.1) is 16.8 Å². The van der Waals surface area contributed by atoms with Crippen molar-refractivity contribution in [1.82, 2.24) is 19.7 Å². The molecule has 0 N–H and O–H groups in total. The van der Waals surface area contributed by atoms with Gasteiger partial charge in [-0.2, -0.15) is 0 Å². The Morgan fingerprint density at radius 3 is 2.64 bits per heavy atom. The lowest BCUT2D eigenvalue weighted by atomic mass is 9.81. The molecule has 1 saturated carbocycles. The molecule has 2 heterocycles. The Morgan fingerprint density at radius 1 is 1.21 bits per heavy atom. The van der Waals surface area contributed by atoms with Crippen LogP contribution < -0.4 is 0 Å². The maximum Gasteiger partial charge on any atom is 0.327 e. The van der Waals surface area contributed by atoms with E-state index in [0.29, 0.717) is 19.4 Å². The second kappa shape index (κ2) is 7.16. The molecule has 4 rings (SSSR count). The minimum atomic E-state index is -0.749. The number of rotatable bonds is 4. The van der Waals surface area contributed by atoms with E-state index in [1.54, 1.807) is 30.3 Å². The maximum absolute atomic E-state index is 13.0. The van der Waals surface area contributed by atoms with Crippen LogP contribution in [-0.4, -0.2) is 63.7 Å². The molecule has 1 aliphatic heterocycles. The quantitative estimate of drug-likeness (QED) is 0.740. The SMILES string of the molecule is CN(Cc1nc2ccccc2s1)C(=O)CN1C(=O)N(C)C2(CCCCC2)C1=O. The van der Waals surface area contributed by atoms with E-state index in [0.717, 1.165) is 39.4 Å². The molecular formula is C20H24N4O3S. The number of para-hydroxylation sites is 1. The van der Waals surface area contributed by atoms with Crippen molar-refractivity contribution in [2.45, 2.75) is 44.2 Å². The number of aromatic nitrogens is 1. The first-order valence-electron chi connectivity index (χ1n) is 9.60. The van der Waals surface area contributed by atoms with Crippen molar-refractivity contribution < 1.29 is 14.4 Å². The predicted octanol–water partition coefficient (Wildman–Crippen LogP) is 2.85. The molecule has 2 aromatic rings. The molecule has 148 valence electrons. The summed E-state index contributed by atoms with van der Waals surface area (Å²) >= 11 is 1.54. The van der Waals surface area contributed by atoms with Crippen molar-refractivity contribution in [3.63, 3.8) is 0 Å². The number of likely N-dealkylation sites (N-methyl/N-ethyl adjacent to an activating group) is 2. The molecule has 0 unspecified atom stereocenters. The lowest BCUT2D eigenvalue weighted by Crippen LogP contribution is -2.49. The highest BCUT2D eigenvalue weighted by molar-refractivity contribution is 7.18. The summed E-state index contributed by atoms with van der Waals surface area (Å²) in [7, 11) is 3.36. The summed E-state index contributed by atoms with van der Waals surface area (Å²) in [6, 6.07) is 7.47. The number of imide groups is 1. The summed E-state index contributed by atoms with van der Waals surface area (Å²) in [4.78, 5) is 47.2. The van der Waals surface area contributed by atoms with Crippen molar-refractivity contribution in [3.05, 3.63) is 29.3 Å². The van der Waals surface area contributed by atoms with Crippen LogP contribution in [0.15, 0.2) is 24.3 Å². The summed E-state index contributed by atoms with van der Waals surface area (Å²) in [6.07, 6.45) is 4.31. The van der Waals surface area contributed by atoms with Crippen LogP contribution in [0.1, 0.15) is 37.1 Å². The number of fused-ring (bicyclic) bond motifs is 1. The van der Waals surface area contributed by atoms with Gasteiger partial charge in [0.1, 0.15) is 17.1 Å². The summed E-state index contributed by atoms with van der Waals surface area (Å²) in [5.41, 5.74) is 0.162. The molecule has 0 bridgehead atoms. The van der Waals surface area contributed by atoms with E-state index in [1.165, 1.54) is 4.90 Å². The van der Waals surface area contributed by atoms with Crippen LogP contribution in [0.4, 0.5) is 4.79 Å². The van der Waals surface area contributed by atoms with Gasteiger partial charge in [-0.1, -0.05) is 31.4 Å². The lowest BCUT2D eigenvalue weighted by molar-refractivity contribution is -0.140. The Bertz CT molecular complexity index is 901. The van der Waals surface area contributed by atoms with Crippen LogP contribution in [0.5, 0.6) is 0 Å². The fourth-order valence-corrected chi connectivity index (χ4v) is 5.23. The van der Waals surface area contributed by atoms with Gasteiger partial charge in [0, 0.05) is 14.1 Å². The van der Waals surface area contributed by atoms with Crippen LogP contribution in [0.3, 0.4) is 0 Å². The van der Waals surface area contributed by atoms with Crippen molar-refractivity contribution in [1.29, 1.82) is 0 Å². The molecule has 2 fully saturated rings. The molecule has 28 heavy (non-hydrogen) atoms. The van der Waals surface area contributed by atoms with E-state index >= 15 is 0 Å². The lowest BCUT2D eigenvalue weighted by Gasteiger charge is -2.35. The second-order valence-electron chi connectivity index (χ2n) is 7.65. The first-order valence-corrected chi connectivity index (χ1v) is 10.4. The highest BCUT2D eigenvalue weighted by atomic mass is 32.1. The van der Waals surface area contributed by atoms with Crippen LogP contribution in [0.2, 0.25) is 0 Å². The third-order valence-corrected chi connectivity index (χ3v) is 6.93. The van der Waals surface area contributed by atoms with E-state index < -0.39 is 5.54 Å². The van der Waals surface area contributed by atoms with Crippen molar-refractivity contribution >= 4 is 39.4 Å². The van der Waals surface area contributed by atoms with Gasteiger partial charge in [-0.05, 0) is 25.0 Å². The average molecular weight is 401 g/mol. The monoisotopic (exact) mass is 400 g/mol. The summed E-state index contributed by atoms with van der Waals surface area (Å²) in [6.45, 7) is 0.139. The van der Waals surface area contributed by atoms with Gasteiger partial charge in [0.25, 0.3) is 5.91 Å².